The van der Waals surface area contributed by atoms with E-state index in [2.05, 4.69) is 11.1 Å². The second-order valence-corrected chi connectivity index (χ2v) is 7.44. The van der Waals surface area contributed by atoms with Gasteiger partial charge in [0.25, 0.3) is 0 Å². The van der Waals surface area contributed by atoms with Crippen molar-refractivity contribution in [2.24, 2.45) is 0 Å². The van der Waals surface area contributed by atoms with E-state index in [-0.39, 0.29) is 0 Å². The Balaban J connectivity index is 1.90. The number of aromatic nitrogens is 2. The van der Waals surface area contributed by atoms with Gasteiger partial charge in [-0.15, -0.1) is 11.8 Å². The first-order valence-electron chi connectivity index (χ1n) is 8.85. The zero-order chi connectivity index (χ0) is 21.6. The second-order valence-electron chi connectivity index (χ2n) is 6.44. The van der Waals surface area contributed by atoms with E-state index in [9.17, 15) is 27.2 Å². The molecule has 0 unspecified atom stereocenters. The zero-order valence-corrected chi connectivity index (χ0v) is 16.3. The van der Waals surface area contributed by atoms with E-state index in [0.717, 1.165) is 11.8 Å². The van der Waals surface area contributed by atoms with Crippen LogP contribution in [0.3, 0.4) is 0 Å². The summed E-state index contributed by atoms with van der Waals surface area (Å²) in [4.78, 5) is 4.49. The number of thioether (sulfide) groups is 1. The van der Waals surface area contributed by atoms with E-state index in [1.165, 1.54) is 0 Å². The summed E-state index contributed by atoms with van der Waals surface area (Å²) in [5, 5.41) is 10.1. The van der Waals surface area contributed by atoms with E-state index < -0.39 is 40.4 Å². The molecule has 0 fully saturated rings. The number of nitrogens with zero attached hydrogens (tertiary/aromatic N) is 3. The Labute approximate surface area is 171 Å². The monoisotopic (exact) mass is 433 g/mol. The zero-order valence-electron chi connectivity index (χ0n) is 15.4. The lowest BCUT2D eigenvalue weighted by atomic mass is 10.1. The summed E-state index contributed by atoms with van der Waals surface area (Å²) in [6, 6.07) is 10.9. The number of hydrogen-bond donors (Lipinski definition) is 0. The van der Waals surface area contributed by atoms with Gasteiger partial charge in [-0.1, -0.05) is 19.1 Å². The van der Waals surface area contributed by atoms with Crippen molar-refractivity contribution in [3.8, 4) is 6.07 Å². The maximum absolute atomic E-state index is 14.1. The molecule has 4 rings (SSSR count). The molecule has 0 radical (unpaired) electrons. The van der Waals surface area contributed by atoms with E-state index >= 15 is 0 Å². The molecule has 3 nitrogen and oxygen atoms in total. The van der Waals surface area contributed by atoms with Crippen LogP contribution in [-0.2, 0) is 12.2 Å². The van der Waals surface area contributed by atoms with Crippen molar-refractivity contribution in [2.45, 2.75) is 24.1 Å². The predicted octanol–water partition coefficient (Wildman–Crippen LogP) is 5.91. The van der Waals surface area contributed by atoms with E-state index in [0.29, 0.717) is 39.3 Å². The SMILES string of the molecule is CCc1cc(SCc2c(F)c(F)c(F)c(F)c2F)n2c(nc3ccccc32)c1C#N. The fraction of sp³-hybridized carbons (Fsp3) is 0.143. The van der Waals surface area contributed by atoms with E-state index in [4.69, 9.17) is 0 Å². The number of hydrogen-bond acceptors (Lipinski definition) is 3. The van der Waals surface area contributed by atoms with Crippen molar-refractivity contribution in [3.63, 3.8) is 0 Å². The number of rotatable bonds is 4. The van der Waals surface area contributed by atoms with Crippen LogP contribution in [0.15, 0.2) is 35.4 Å². The molecule has 0 saturated heterocycles. The van der Waals surface area contributed by atoms with Crippen molar-refractivity contribution in [2.75, 3.05) is 0 Å². The second kappa shape index (κ2) is 7.61. The van der Waals surface area contributed by atoms with Crippen LogP contribution >= 0.6 is 11.8 Å². The number of pyridine rings is 1. The van der Waals surface area contributed by atoms with Crippen LogP contribution in [-0.4, -0.2) is 9.38 Å². The van der Waals surface area contributed by atoms with E-state index in [1.807, 2.05) is 6.92 Å². The van der Waals surface area contributed by atoms with Gasteiger partial charge in [-0.3, -0.25) is 4.40 Å². The molecule has 0 atom stereocenters. The molecule has 0 bridgehead atoms. The third-order valence-electron chi connectivity index (χ3n) is 4.78. The number of benzene rings is 2. The summed E-state index contributed by atoms with van der Waals surface area (Å²) >= 11 is 0.901. The van der Waals surface area contributed by atoms with Gasteiger partial charge in [0.1, 0.15) is 6.07 Å². The first kappa shape index (κ1) is 20.2. The quantitative estimate of drug-likeness (QED) is 0.174. The summed E-state index contributed by atoms with van der Waals surface area (Å²) in [6.45, 7) is 1.84. The molecule has 152 valence electrons. The number of halogens is 5. The van der Waals surface area contributed by atoms with Crippen LogP contribution in [0.2, 0.25) is 0 Å². The third kappa shape index (κ3) is 2.99. The summed E-state index contributed by atoms with van der Waals surface area (Å²) in [7, 11) is 0. The molecule has 2 aromatic carbocycles. The molecule has 0 aliphatic rings. The topological polar surface area (TPSA) is 41.1 Å². The van der Waals surface area contributed by atoms with Crippen LogP contribution in [0, 0.1) is 40.4 Å². The number of aryl methyl sites for hydroxylation is 1. The van der Waals surface area contributed by atoms with Gasteiger partial charge in [0.05, 0.1) is 21.6 Å². The molecule has 2 heterocycles. The maximum atomic E-state index is 14.1. The number of para-hydroxylation sites is 2. The minimum absolute atomic E-state index is 0.370. The highest BCUT2D eigenvalue weighted by molar-refractivity contribution is 7.98. The lowest BCUT2D eigenvalue weighted by Gasteiger charge is -2.12. The molecule has 0 N–H and O–H groups in total. The van der Waals surface area contributed by atoms with Crippen molar-refractivity contribution < 1.29 is 22.0 Å². The van der Waals surface area contributed by atoms with Gasteiger partial charge in [-0.05, 0) is 30.2 Å². The van der Waals surface area contributed by atoms with Gasteiger partial charge in [0.15, 0.2) is 28.9 Å². The summed E-state index contributed by atoms with van der Waals surface area (Å²) in [5.74, 6) is -10.3. The molecule has 0 aliphatic carbocycles. The Morgan fingerprint density at radius 3 is 2.27 bits per heavy atom. The molecule has 0 spiro atoms. The van der Waals surface area contributed by atoms with Crippen LogP contribution in [0.1, 0.15) is 23.6 Å². The summed E-state index contributed by atoms with van der Waals surface area (Å²) < 4.78 is 70.2. The van der Waals surface area contributed by atoms with E-state index in [1.54, 1.807) is 34.7 Å². The normalized spacial score (nSPS) is 11.4. The molecular formula is C21H12F5N3S. The van der Waals surface area contributed by atoms with Gasteiger partial charge in [0.2, 0.25) is 5.82 Å². The van der Waals surface area contributed by atoms with Crippen LogP contribution in [0.5, 0.6) is 0 Å². The van der Waals surface area contributed by atoms with Crippen LogP contribution in [0.25, 0.3) is 16.7 Å². The van der Waals surface area contributed by atoms with Gasteiger partial charge < -0.3 is 0 Å². The predicted molar refractivity (Wildman–Crippen MR) is 103 cm³/mol. The lowest BCUT2D eigenvalue weighted by molar-refractivity contribution is 0.372. The summed E-state index contributed by atoms with van der Waals surface area (Å²) in [6.07, 6.45) is 0.499. The molecule has 0 saturated carbocycles. The third-order valence-corrected chi connectivity index (χ3v) is 5.81. The van der Waals surface area contributed by atoms with Gasteiger partial charge in [0, 0.05) is 11.3 Å². The molecule has 2 aromatic heterocycles. The lowest BCUT2D eigenvalue weighted by Crippen LogP contribution is -2.06. The van der Waals surface area contributed by atoms with Gasteiger partial charge >= 0.3 is 0 Å². The maximum Gasteiger partial charge on any atom is 0.200 e. The highest BCUT2D eigenvalue weighted by atomic mass is 32.2. The minimum Gasteiger partial charge on any atom is -0.286 e. The Morgan fingerprint density at radius 2 is 1.63 bits per heavy atom. The highest BCUT2D eigenvalue weighted by Gasteiger charge is 2.26. The van der Waals surface area contributed by atoms with Gasteiger partial charge in [-0.25, -0.2) is 26.9 Å². The first-order valence-corrected chi connectivity index (χ1v) is 9.83. The number of fused-ring (bicyclic) bond motifs is 3. The molecule has 0 aliphatic heterocycles. The average molecular weight is 433 g/mol. The average Bonchev–Trinajstić information content (AvgIpc) is 3.15. The van der Waals surface area contributed by atoms with Crippen molar-refractivity contribution in [1.29, 1.82) is 5.26 Å². The summed E-state index contributed by atoms with van der Waals surface area (Å²) in [5.41, 5.74) is 1.77. The minimum atomic E-state index is -2.19. The Morgan fingerprint density at radius 1 is 1.00 bits per heavy atom. The van der Waals surface area contributed by atoms with Crippen molar-refractivity contribution in [3.05, 3.63) is 76.1 Å². The fourth-order valence-corrected chi connectivity index (χ4v) is 4.36. The Bertz CT molecular complexity index is 1330. The molecule has 30 heavy (non-hydrogen) atoms. The highest BCUT2D eigenvalue weighted by Crippen LogP contribution is 2.33. The standard InChI is InChI=1S/C21H12F5N3S/c1-2-10-7-15(30-9-12-16(22)18(24)20(26)19(25)17(12)23)29-14-6-4-3-5-13(14)28-21(29)11(10)8-27/h3-7H,2,9H2,1H3. The number of imidazole rings is 1. The smallest absolute Gasteiger partial charge is 0.200 e. The Hall–Kier alpha value is -3.12. The van der Waals surface area contributed by atoms with Crippen molar-refractivity contribution >= 4 is 28.4 Å². The first-order chi connectivity index (χ1) is 14.4. The Kier molecular flexibility index (Phi) is 5.12. The van der Waals surface area contributed by atoms with Gasteiger partial charge in [-0.2, -0.15) is 5.26 Å². The fourth-order valence-electron chi connectivity index (χ4n) is 3.28. The van der Waals surface area contributed by atoms with Crippen LogP contribution < -0.4 is 0 Å². The van der Waals surface area contributed by atoms with Crippen LogP contribution in [0.4, 0.5) is 22.0 Å². The largest absolute Gasteiger partial charge is 0.286 e. The molecule has 4 aromatic rings. The van der Waals surface area contributed by atoms with Crippen molar-refractivity contribution in [1.82, 2.24) is 9.38 Å². The molecular weight excluding hydrogens is 421 g/mol. The molecule has 0 amide bonds. The molecule has 9 heteroatoms. The number of nitriles is 1.